The van der Waals surface area contributed by atoms with Gasteiger partial charge in [-0.1, -0.05) is 11.6 Å². The van der Waals surface area contributed by atoms with Gasteiger partial charge in [0.1, 0.15) is 6.54 Å². The molecular formula is C13H10ClF3N2O2S. The number of thioether (sulfide) groups is 1. The van der Waals surface area contributed by atoms with Gasteiger partial charge >= 0.3 is 6.18 Å². The molecule has 0 atom stereocenters. The molecule has 118 valence electrons. The molecule has 1 heterocycles. The van der Waals surface area contributed by atoms with Gasteiger partial charge in [-0.3, -0.25) is 9.59 Å². The Balaban J connectivity index is 2.09. The standard InChI is InChI=1S/C13H10ClF3N2O2S/c14-9-2-1-8(13(15,16)17)5-10(9)18-11(20)6-19-3-4-22-7-12(19)21/h1-5H,6-7H2,(H,18,20). The van der Waals surface area contributed by atoms with Crippen molar-refractivity contribution in [1.29, 1.82) is 0 Å². The number of carbonyl (C=O) groups is 2. The summed E-state index contributed by atoms with van der Waals surface area (Å²) in [5, 5.41) is 3.93. The van der Waals surface area contributed by atoms with E-state index in [1.807, 2.05) is 0 Å². The highest BCUT2D eigenvalue weighted by Crippen LogP contribution is 2.33. The number of anilines is 1. The highest BCUT2D eigenvalue weighted by atomic mass is 35.5. The predicted molar refractivity (Wildman–Crippen MR) is 78.4 cm³/mol. The van der Waals surface area contributed by atoms with Gasteiger partial charge in [0.2, 0.25) is 11.8 Å². The van der Waals surface area contributed by atoms with Gasteiger partial charge in [0, 0.05) is 6.20 Å². The Labute approximate surface area is 133 Å². The van der Waals surface area contributed by atoms with Gasteiger partial charge in [-0.25, -0.2) is 0 Å². The van der Waals surface area contributed by atoms with Crippen LogP contribution >= 0.6 is 23.4 Å². The van der Waals surface area contributed by atoms with Crippen LogP contribution in [-0.4, -0.2) is 29.0 Å². The Morgan fingerprint density at radius 3 is 2.77 bits per heavy atom. The van der Waals surface area contributed by atoms with Crippen molar-refractivity contribution in [3.05, 3.63) is 40.4 Å². The van der Waals surface area contributed by atoms with E-state index in [1.54, 1.807) is 5.41 Å². The second kappa shape index (κ2) is 6.62. The second-order valence-electron chi connectivity index (χ2n) is 4.36. The van der Waals surface area contributed by atoms with Gasteiger partial charge < -0.3 is 10.2 Å². The number of carbonyl (C=O) groups excluding carboxylic acids is 2. The quantitative estimate of drug-likeness (QED) is 0.909. The number of nitrogens with zero attached hydrogens (tertiary/aromatic N) is 1. The van der Waals surface area contributed by atoms with Crippen molar-refractivity contribution >= 4 is 40.9 Å². The van der Waals surface area contributed by atoms with Gasteiger partial charge in [-0.05, 0) is 23.6 Å². The minimum atomic E-state index is -4.53. The average molecular weight is 351 g/mol. The van der Waals surface area contributed by atoms with E-state index >= 15 is 0 Å². The fourth-order valence-electron chi connectivity index (χ4n) is 1.68. The summed E-state index contributed by atoms with van der Waals surface area (Å²) in [6.07, 6.45) is -3.09. The summed E-state index contributed by atoms with van der Waals surface area (Å²) in [7, 11) is 0. The minimum absolute atomic E-state index is 0.0163. The summed E-state index contributed by atoms with van der Waals surface area (Å²) in [4.78, 5) is 24.6. The molecule has 0 aliphatic carbocycles. The summed E-state index contributed by atoms with van der Waals surface area (Å²) in [6, 6.07) is 2.64. The van der Waals surface area contributed by atoms with Crippen LogP contribution in [0.2, 0.25) is 5.02 Å². The number of alkyl halides is 3. The molecule has 0 fully saturated rings. The highest BCUT2D eigenvalue weighted by molar-refractivity contribution is 8.02. The molecule has 1 aromatic rings. The summed E-state index contributed by atoms with van der Waals surface area (Å²) < 4.78 is 37.9. The molecule has 0 aromatic heterocycles. The molecule has 0 unspecified atom stereocenters. The molecule has 2 amide bonds. The van der Waals surface area contributed by atoms with Crippen LogP contribution in [0.4, 0.5) is 18.9 Å². The Kier molecular flexibility index (Phi) is 5.02. The van der Waals surface area contributed by atoms with E-state index in [9.17, 15) is 22.8 Å². The first-order valence-electron chi connectivity index (χ1n) is 6.02. The summed E-state index contributed by atoms with van der Waals surface area (Å²) in [5.74, 6) is -0.669. The zero-order chi connectivity index (χ0) is 16.3. The molecule has 0 radical (unpaired) electrons. The normalized spacial score (nSPS) is 15.1. The summed E-state index contributed by atoms with van der Waals surface area (Å²) in [5.41, 5.74) is -1.07. The molecule has 4 nitrogen and oxygen atoms in total. The molecule has 0 saturated heterocycles. The number of hydrogen-bond acceptors (Lipinski definition) is 3. The maximum absolute atomic E-state index is 12.6. The number of hydrogen-bond donors (Lipinski definition) is 1. The summed E-state index contributed by atoms with van der Waals surface area (Å²) >= 11 is 7.08. The first-order valence-corrected chi connectivity index (χ1v) is 7.44. The van der Waals surface area contributed by atoms with Crippen LogP contribution in [-0.2, 0) is 15.8 Å². The van der Waals surface area contributed by atoms with Crippen LogP contribution < -0.4 is 5.32 Å². The predicted octanol–water partition coefficient (Wildman–Crippen LogP) is 3.34. The van der Waals surface area contributed by atoms with E-state index in [0.717, 1.165) is 18.2 Å². The van der Waals surface area contributed by atoms with Crippen molar-refractivity contribution in [3.63, 3.8) is 0 Å². The first-order chi connectivity index (χ1) is 10.3. The zero-order valence-electron chi connectivity index (χ0n) is 11.0. The number of rotatable bonds is 3. The smallest absolute Gasteiger partial charge is 0.323 e. The van der Waals surface area contributed by atoms with Crippen LogP contribution in [0.25, 0.3) is 0 Å². The third-order valence-electron chi connectivity index (χ3n) is 2.75. The molecule has 1 aliphatic rings. The third kappa shape index (κ3) is 4.17. The van der Waals surface area contributed by atoms with Crippen molar-refractivity contribution in [1.82, 2.24) is 4.90 Å². The van der Waals surface area contributed by atoms with Gasteiger partial charge in [-0.15, -0.1) is 11.8 Å². The van der Waals surface area contributed by atoms with Gasteiger partial charge in [-0.2, -0.15) is 13.2 Å². The van der Waals surface area contributed by atoms with Crippen molar-refractivity contribution < 1.29 is 22.8 Å². The molecular weight excluding hydrogens is 341 g/mol. The molecule has 1 aromatic carbocycles. The minimum Gasteiger partial charge on any atom is -0.323 e. The molecule has 9 heteroatoms. The Morgan fingerprint density at radius 1 is 1.41 bits per heavy atom. The summed E-state index contributed by atoms with van der Waals surface area (Å²) in [6.45, 7) is -0.289. The molecule has 0 spiro atoms. The van der Waals surface area contributed by atoms with E-state index in [0.29, 0.717) is 0 Å². The second-order valence-corrected chi connectivity index (χ2v) is 5.66. The third-order valence-corrected chi connectivity index (χ3v) is 3.80. The largest absolute Gasteiger partial charge is 0.416 e. The van der Waals surface area contributed by atoms with E-state index in [-0.39, 0.29) is 28.9 Å². The van der Waals surface area contributed by atoms with Crippen molar-refractivity contribution in [2.45, 2.75) is 6.18 Å². The number of halogens is 4. The van der Waals surface area contributed by atoms with E-state index in [2.05, 4.69) is 5.32 Å². The highest BCUT2D eigenvalue weighted by Gasteiger charge is 2.31. The van der Waals surface area contributed by atoms with Crippen LogP contribution in [0.1, 0.15) is 5.56 Å². The van der Waals surface area contributed by atoms with Crippen LogP contribution in [0, 0.1) is 0 Å². The van der Waals surface area contributed by atoms with Crippen molar-refractivity contribution in [2.24, 2.45) is 0 Å². The molecule has 2 rings (SSSR count). The fourth-order valence-corrected chi connectivity index (χ4v) is 2.49. The van der Waals surface area contributed by atoms with E-state index in [1.165, 1.54) is 22.9 Å². The molecule has 0 bridgehead atoms. The lowest BCUT2D eigenvalue weighted by Crippen LogP contribution is -2.36. The van der Waals surface area contributed by atoms with Crippen molar-refractivity contribution in [2.75, 3.05) is 17.6 Å². The zero-order valence-corrected chi connectivity index (χ0v) is 12.6. The van der Waals surface area contributed by atoms with Crippen LogP contribution in [0.15, 0.2) is 29.8 Å². The number of nitrogens with one attached hydrogen (secondary N) is 1. The van der Waals surface area contributed by atoms with Crippen LogP contribution in [0.3, 0.4) is 0 Å². The SMILES string of the molecule is O=C(CN1C=CSCC1=O)Nc1cc(C(F)(F)F)ccc1Cl. The van der Waals surface area contributed by atoms with Gasteiger partial charge in [0.15, 0.2) is 0 Å². The Bertz CT molecular complexity index is 634. The van der Waals surface area contributed by atoms with Gasteiger partial charge in [0.05, 0.1) is 22.0 Å². The monoisotopic (exact) mass is 350 g/mol. The maximum Gasteiger partial charge on any atom is 0.416 e. The van der Waals surface area contributed by atoms with Crippen LogP contribution in [0.5, 0.6) is 0 Å². The Hall–Kier alpha value is -1.67. The molecule has 22 heavy (non-hydrogen) atoms. The van der Waals surface area contributed by atoms with Crippen molar-refractivity contribution in [3.8, 4) is 0 Å². The molecule has 0 saturated carbocycles. The number of benzene rings is 1. The number of amides is 2. The maximum atomic E-state index is 12.6. The lowest BCUT2D eigenvalue weighted by Gasteiger charge is -2.20. The first kappa shape index (κ1) is 16.7. The lowest BCUT2D eigenvalue weighted by atomic mass is 10.2. The van der Waals surface area contributed by atoms with E-state index < -0.39 is 17.6 Å². The Morgan fingerprint density at radius 2 is 2.14 bits per heavy atom. The average Bonchev–Trinajstić information content (AvgIpc) is 2.42. The topological polar surface area (TPSA) is 49.4 Å². The molecule has 1 N–H and O–H groups in total. The lowest BCUT2D eigenvalue weighted by molar-refractivity contribution is -0.137. The van der Waals surface area contributed by atoms with Gasteiger partial charge in [0.25, 0.3) is 0 Å². The molecule has 1 aliphatic heterocycles. The fraction of sp³-hybridized carbons (Fsp3) is 0.231. The van der Waals surface area contributed by atoms with E-state index in [4.69, 9.17) is 11.6 Å².